The fourth-order valence-electron chi connectivity index (χ4n) is 5.47. The molecule has 3 nitrogen and oxygen atoms in total. The third kappa shape index (κ3) is 3.35. The van der Waals surface area contributed by atoms with Crippen LogP contribution in [0.2, 0.25) is 0 Å². The molecule has 2 saturated carbocycles. The van der Waals surface area contributed by atoms with Crippen molar-refractivity contribution in [2.24, 2.45) is 11.3 Å². The number of carbonyl (C=O) groups is 1. The Kier molecular flexibility index (Phi) is 5.17. The molecule has 0 atom stereocenters. The molecular formula is C22H34N2OS. The van der Waals surface area contributed by atoms with Gasteiger partial charge in [0.2, 0.25) is 5.91 Å². The van der Waals surface area contributed by atoms with Gasteiger partial charge in [-0.2, -0.15) is 0 Å². The Bertz CT molecular complexity index is 612. The maximum atomic E-state index is 12.7. The predicted octanol–water partition coefficient (Wildman–Crippen LogP) is 4.88. The summed E-state index contributed by atoms with van der Waals surface area (Å²) < 4.78 is 0. The zero-order valence-corrected chi connectivity index (χ0v) is 17.3. The zero-order chi connectivity index (χ0) is 18.2. The van der Waals surface area contributed by atoms with E-state index in [0.29, 0.717) is 11.3 Å². The molecule has 1 spiro atoms. The maximum Gasteiger partial charge on any atom is 0.222 e. The van der Waals surface area contributed by atoms with Crippen molar-refractivity contribution in [1.29, 1.82) is 0 Å². The first-order valence-electron chi connectivity index (χ1n) is 10.5. The molecule has 3 aliphatic rings. The number of amides is 1. The van der Waals surface area contributed by atoms with Gasteiger partial charge in [0.25, 0.3) is 0 Å². The Balaban J connectivity index is 1.35. The smallest absolute Gasteiger partial charge is 0.222 e. The minimum atomic E-state index is 0.209. The van der Waals surface area contributed by atoms with Crippen LogP contribution in [-0.2, 0) is 10.3 Å². The number of rotatable bonds is 5. The second kappa shape index (κ2) is 7.27. The van der Waals surface area contributed by atoms with E-state index in [0.717, 1.165) is 31.8 Å². The van der Waals surface area contributed by atoms with Crippen molar-refractivity contribution in [3.8, 4) is 0 Å². The minimum absolute atomic E-state index is 0.209. The van der Waals surface area contributed by atoms with E-state index in [-0.39, 0.29) is 5.54 Å². The van der Waals surface area contributed by atoms with Gasteiger partial charge in [-0.25, -0.2) is 0 Å². The van der Waals surface area contributed by atoms with Crippen molar-refractivity contribution in [3.05, 3.63) is 22.4 Å². The molecule has 3 fully saturated rings. The highest BCUT2D eigenvalue weighted by Gasteiger charge is 2.48. The predicted molar refractivity (Wildman–Crippen MR) is 108 cm³/mol. The molecule has 0 radical (unpaired) electrons. The molecule has 2 aliphatic carbocycles. The first kappa shape index (κ1) is 18.5. The molecule has 0 aromatic carbocycles. The molecule has 0 N–H and O–H groups in total. The third-order valence-corrected chi connectivity index (χ3v) is 8.82. The van der Waals surface area contributed by atoms with Gasteiger partial charge in [0.05, 0.1) is 5.54 Å². The fourth-order valence-corrected chi connectivity index (χ4v) is 6.54. The number of thiophene rings is 1. The largest absolute Gasteiger partial charge is 0.342 e. The Labute approximate surface area is 162 Å². The SMILES string of the molecule is CN(C)C1(c2cccs2)CCC2(CCN(C(=O)CCC3CCC3)C2)CC1. The normalized spacial score (nSPS) is 32.3. The summed E-state index contributed by atoms with van der Waals surface area (Å²) in [5, 5.41) is 2.21. The molecule has 26 heavy (non-hydrogen) atoms. The maximum absolute atomic E-state index is 12.7. The van der Waals surface area contributed by atoms with Crippen LogP contribution in [0.25, 0.3) is 0 Å². The Morgan fingerprint density at radius 1 is 1.23 bits per heavy atom. The minimum Gasteiger partial charge on any atom is -0.342 e. The van der Waals surface area contributed by atoms with Crippen LogP contribution in [0, 0.1) is 11.3 Å². The molecule has 0 unspecified atom stereocenters. The number of hydrogen-bond acceptors (Lipinski definition) is 3. The van der Waals surface area contributed by atoms with Crippen LogP contribution in [0.4, 0.5) is 0 Å². The van der Waals surface area contributed by atoms with Crippen LogP contribution in [0.3, 0.4) is 0 Å². The van der Waals surface area contributed by atoms with Gasteiger partial charge in [-0.3, -0.25) is 9.69 Å². The average molecular weight is 375 g/mol. The lowest BCUT2D eigenvalue weighted by atomic mass is 9.66. The van der Waals surface area contributed by atoms with E-state index >= 15 is 0 Å². The molecule has 2 heterocycles. The number of hydrogen-bond donors (Lipinski definition) is 0. The van der Waals surface area contributed by atoms with E-state index < -0.39 is 0 Å². The molecule has 0 bridgehead atoms. The van der Waals surface area contributed by atoms with E-state index in [1.54, 1.807) is 0 Å². The van der Waals surface area contributed by atoms with E-state index in [2.05, 4.69) is 41.4 Å². The summed E-state index contributed by atoms with van der Waals surface area (Å²) in [6.07, 6.45) is 12.2. The van der Waals surface area contributed by atoms with E-state index in [9.17, 15) is 4.79 Å². The summed E-state index contributed by atoms with van der Waals surface area (Å²) >= 11 is 1.90. The molecule has 1 aromatic heterocycles. The highest BCUT2D eigenvalue weighted by molar-refractivity contribution is 7.10. The molecule has 1 saturated heterocycles. The summed E-state index contributed by atoms with van der Waals surface area (Å²) in [7, 11) is 4.48. The standard InChI is InChI=1S/C22H34N2OS/c1-23(2)22(19-7-4-16-26-19)12-10-21(11-13-22)14-15-24(17-21)20(25)9-8-18-5-3-6-18/h4,7,16,18H,3,5-6,8-15,17H2,1-2H3. The summed E-state index contributed by atoms with van der Waals surface area (Å²) in [6.45, 7) is 2.02. The quantitative estimate of drug-likeness (QED) is 0.733. The van der Waals surface area contributed by atoms with Crippen LogP contribution in [-0.4, -0.2) is 42.9 Å². The van der Waals surface area contributed by atoms with Crippen molar-refractivity contribution < 1.29 is 4.79 Å². The fraction of sp³-hybridized carbons (Fsp3) is 0.773. The van der Waals surface area contributed by atoms with Crippen molar-refractivity contribution in [1.82, 2.24) is 9.80 Å². The Morgan fingerprint density at radius 2 is 2.00 bits per heavy atom. The van der Waals surface area contributed by atoms with Crippen LogP contribution in [0.5, 0.6) is 0 Å². The Hall–Kier alpha value is -0.870. The highest BCUT2D eigenvalue weighted by atomic mass is 32.1. The van der Waals surface area contributed by atoms with Gasteiger partial charge < -0.3 is 4.90 Å². The molecule has 4 heteroatoms. The van der Waals surface area contributed by atoms with Crippen molar-refractivity contribution >= 4 is 17.2 Å². The van der Waals surface area contributed by atoms with Gasteiger partial charge >= 0.3 is 0 Å². The lowest BCUT2D eigenvalue weighted by Gasteiger charge is -2.48. The first-order chi connectivity index (χ1) is 12.5. The van der Waals surface area contributed by atoms with Crippen molar-refractivity contribution in [2.45, 2.75) is 69.7 Å². The molecule has 4 rings (SSSR count). The van der Waals surface area contributed by atoms with Gasteiger partial charge in [-0.15, -0.1) is 11.3 Å². The molecule has 1 amide bonds. The second-order valence-electron chi connectivity index (χ2n) is 9.30. The van der Waals surface area contributed by atoms with E-state index in [1.165, 1.54) is 56.2 Å². The summed E-state index contributed by atoms with van der Waals surface area (Å²) in [5.41, 5.74) is 0.601. The highest BCUT2D eigenvalue weighted by Crippen LogP contribution is 2.52. The van der Waals surface area contributed by atoms with Gasteiger partial charge in [0, 0.05) is 24.4 Å². The summed E-state index contributed by atoms with van der Waals surface area (Å²) in [5.74, 6) is 1.27. The van der Waals surface area contributed by atoms with Crippen molar-refractivity contribution in [2.75, 3.05) is 27.2 Å². The molecule has 1 aliphatic heterocycles. The van der Waals surface area contributed by atoms with Gasteiger partial charge in [-0.05, 0) is 75.4 Å². The van der Waals surface area contributed by atoms with Gasteiger partial charge in [-0.1, -0.05) is 25.3 Å². The van der Waals surface area contributed by atoms with Crippen LogP contribution in [0.15, 0.2) is 17.5 Å². The number of likely N-dealkylation sites (tertiary alicyclic amines) is 1. The van der Waals surface area contributed by atoms with E-state index in [1.807, 2.05) is 11.3 Å². The topological polar surface area (TPSA) is 23.6 Å². The lowest BCUT2D eigenvalue weighted by Crippen LogP contribution is -2.47. The number of carbonyl (C=O) groups excluding carboxylic acids is 1. The van der Waals surface area contributed by atoms with Gasteiger partial charge in [0.1, 0.15) is 0 Å². The Morgan fingerprint density at radius 3 is 2.58 bits per heavy atom. The summed E-state index contributed by atoms with van der Waals surface area (Å²) in [6, 6.07) is 4.50. The average Bonchev–Trinajstić information content (AvgIpc) is 3.25. The lowest BCUT2D eigenvalue weighted by molar-refractivity contribution is -0.131. The summed E-state index contributed by atoms with van der Waals surface area (Å²) in [4.78, 5) is 18.8. The van der Waals surface area contributed by atoms with E-state index in [4.69, 9.17) is 0 Å². The number of nitrogens with zero attached hydrogens (tertiary/aromatic N) is 2. The van der Waals surface area contributed by atoms with Crippen LogP contribution in [0.1, 0.15) is 69.1 Å². The third-order valence-electron chi connectivity index (χ3n) is 7.76. The first-order valence-corrected chi connectivity index (χ1v) is 11.4. The van der Waals surface area contributed by atoms with Crippen LogP contribution >= 0.6 is 11.3 Å². The van der Waals surface area contributed by atoms with Crippen LogP contribution < -0.4 is 0 Å². The van der Waals surface area contributed by atoms with Gasteiger partial charge in [0.15, 0.2) is 0 Å². The molecular weight excluding hydrogens is 340 g/mol. The van der Waals surface area contributed by atoms with Crippen molar-refractivity contribution in [3.63, 3.8) is 0 Å². The molecule has 1 aromatic rings. The zero-order valence-electron chi connectivity index (χ0n) is 16.5. The second-order valence-corrected chi connectivity index (χ2v) is 10.3. The molecule has 144 valence electrons. The monoisotopic (exact) mass is 374 g/mol.